The monoisotopic (exact) mass is 472 g/mol. The Hall–Kier alpha value is -2.49. The number of carbonyl (C=O) groups excluding carboxylic acids is 1. The van der Waals surface area contributed by atoms with Gasteiger partial charge >= 0.3 is 0 Å². The number of sulfonamides is 1. The first-order valence-electron chi connectivity index (χ1n) is 11.6. The Morgan fingerprint density at radius 3 is 2.52 bits per heavy atom. The molecule has 0 unspecified atom stereocenters. The van der Waals surface area contributed by atoms with Crippen LogP contribution in [0.2, 0.25) is 0 Å². The fraction of sp³-hybridized carbons (Fsp3) is 0.500. The lowest BCUT2D eigenvalue weighted by Gasteiger charge is -2.30. The summed E-state index contributed by atoms with van der Waals surface area (Å²) in [5.41, 5.74) is 1.35. The van der Waals surface area contributed by atoms with Crippen LogP contribution in [0.4, 0.5) is 5.82 Å². The molecular weight excluding hydrogens is 440 g/mol. The van der Waals surface area contributed by atoms with Gasteiger partial charge in [-0.15, -0.1) is 0 Å². The Balaban J connectivity index is 1.40. The van der Waals surface area contributed by atoms with Crippen molar-refractivity contribution in [3.8, 4) is 0 Å². The first-order chi connectivity index (χ1) is 16.0. The average molecular weight is 473 g/mol. The van der Waals surface area contributed by atoms with Gasteiger partial charge in [0.2, 0.25) is 10.0 Å². The molecule has 4 rings (SSSR count). The van der Waals surface area contributed by atoms with E-state index in [-0.39, 0.29) is 16.8 Å². The number of nitrogens with zero attached hydrogens (tertiary/aromatic N) is 3. The van der Waals surface area contributed by atoms with Crippen molar-refractivity contribution in [3.63, 3.8) is 0 Å². The van der Waals surface area contributed by atoms with Crippen LogP contribution >= 0.6 is 0 Å². The number of hydrogen-bond donors (Lipinski definition) is 1. The van der Waals surface area contributed by atoms with Crippen molar-refractivity contribution in [2.45, 2.75) is 49.6 Å². The van der Waals surface area contributed by atoms with Crippen molar-refractivity contribution < 1.29 is 17.9 Å². The highest BCUT2D eigenvalue weighted by molar-refractivity contribution is 7.89. The molecule has 1 N–H and O–H groups in total. The summed E-state index contributed by atoms with van der Waals surface area (Å²) in [5, 5.41) is 2.93. The standard InChI is InChI=1S/C24H32N4O4S/c1-27(21-7-3-2-4-8-21)33(30,31)22-11-9-19(10-12-22)24(29)26-18-20-6-5-13-25-23(20)28-14-16-32-17-15-28/h5-6,9-13,21H,2-4,7-8,14-18H2,1H3,(H,26,29). The molecule has 178 valence electrons. The molecule has 0 bridgehead atoms. The van der Waals surface area contributed by atoms with Crippen LogP contribution in [-0.4, -0.2) is 63.0 Å². The zero-order valence-corrected chi connectivity index (χ0v) is 19.9. The molecule has 2 aromatic rings. The molecule has 1 saturated carbocycles. The highest BCUT2D eigenvalue weighted by atomic mass is 32.2. The van der Waals surface area contributed by atoms with Crippen molar-refractivity contribution >= 4 is 21.7 Å². The Labute approximate surface area is 196 Å². The SMILES string of the molecule is CN(C1CCCCC1)S(=O)(=O)c1ccc(C(=O)NCc2cccnc2N2CCOCC2)cc1. The van der Waals surface area contributed by atoms with E-state index in [1.807, 2.05) is 12.1 Å². The zero-order chi connectivity index (χ0) is 23.3. The predicted octanol–water partition coefficient (Wildman–Crippen LogP) is 2.80. The second-order valence-electron chi connectivity index (χ2n) is 8.61. The number of pyridine rings is 1. The summed E-state index contributed by atoms with van der Waals surface area (Å²) in [6.07, 6.45) is 6.84. The molecule has 1 aliphatic carbocycles. The van der Waals surface area contributed by atoms with Crippen molar-refractivity contribution in [1.29, 1.82) is 0 Å². The number of morpholine rings is 1. The van der Waals surface area contributed by atoms with Crippen LogP contribution < -0.4 is 10.2 Å². The van der Waals surface area contributed by atoms with Gasteiger partial charge in [-0.2, -0.15) is 4.31 Å². The van der Waals surface area contributed by atoms with Crippen LogP contribution in [0, 0.1) is 0 Å². The molecule has 0 spiro atoms. The van der Waals surface area contributed by atoms with Crippen LogP contribution in [0.25, 0.3) is 0 Å². The molecular formula is C24H32N4O4S. The Kier molecular flexibility index (Phi) is 7.62. The Morgan fingerprint density at radius 2 is 1.82 bits per heavy atom. The minimum absolute atomic E-state index is 0.0480. The maximum absolute atomic E-state index is 13.0. The molecule has 1 amide bonds. The fourth-order valence-electron chi connectivity index (χ4n) is 4.49. The predicted molar refractivity (Wildman–Crippen MR) is 127 cm³/mol. The van der Waals surface area contributed by atoms with Gasteiger partial charge in [0, 0.05) is 50.0 Å². The van der Waals surface area contributed by atoms with Gasteiger partial charge in [0.15, 0.2) is 0 Å². The van der Waals surface area contributed by atoms with Gasteiger partial charge in [-0.25, -0.2) is 13.4 Å². The van der Waals surface area contributed by atoms with Gasteiger partial charge in [0.05, 0.1) is 18.1 Å². The highest BCUT2D eigenvalue weighted by Crippen LogP contribution is 2.26. The molecule has 2 fully saturated rings. The van der Waals surface area contributed by atoms with Crippen LogP contribution in [0.5, 0.6) is 0 Å². The highest BCUT2D eigenvalue weighted by Gasteiger charge is 2.29. The molecule has 8 nitrogen and oxygen atoms in total. The lowest BCUT2D eigenvalue weighted by atomic mass is 9.96. The number of anilines is 1. The molecule has 1 aromatic carbocycles. The molecule has 2 aliphatic rings. The normalized spacial score (nSPS) is 17.8. The van der Waals surface area contributed by atoms with E-state index in [0.29, 0.717) is 25.3 Å². The Morgan fingerprint density at radius 1 is 1.12 bits per heavy atom. The number of carbonyl (C=O) groups is 1. The minimum atomic E-state index is -3.58. The number of nitrogens with one attached hydrogen (secondary N) is 1. The lowest BCUT2D eigenvalue weighted by Crippen LogP contribution is -2.38. The summed E-state index contributed by atoms with van der Waals surface area (Å²) in [4.78, 5) is 19.6. The van der Waals surface area contributed by atoms with Gasteiger partial charge < -0.3 is 15.0 Å². The van der Waals surface area contributed by atoms with Crippen LogP contribution in [0.15, 0.2) is 47.5 Å². The summed E-state index contributed by atoms with van der Waals surface area (Å²) in [6, 6.07) is 10.0. The summed E-state index contributed by atoms with van der Waals surface area (Å²) < 4.78 is 32.9. The summed E-state index contributed by atoms with van der Waals surface area (Å²) in [5.74, 6) is 0.602. The topological polar surface area (TPSA) is 91.8 Å². The fourth-order valence-corrected chi connectivity index (χ4v) is 5.91. The lowest BCUT2D eigenvalue weighted by molar-refractivity contribution is 0.0950. The van der Waals surface area contributed by atoms with Gasteiger partial charge in [0.1, 0.15) is 5.82 Å². The smallest absolute Gasteiger partial charge is 0.251 e. The average Bonchev–Trinajstić information content (AvgIpc) is 2.88. The van der Waals surface area contributed by atoms with Gasteiger partial charge in [-0.05, 0) is 43.2 Å². The largest absolute Gasteiger partial charge is 0.378 e. The van der Waals surface area contributed by atoms with E-state index < -0.39 is 10.0 Å². The molecule has 9 heteroatoms. The van der Waals surface area contributed by atoms with E-state index in [1.54, 1.807) is 25.4 Å². The Bertz CT molecular complexity index is 1050. The van der Waals surface area contributed by atoms with Crippen LogP contribution in [-0.2, 0) is 21.3 Å². The minimum Gasteiger partial charge on any atom is -0.378 e. The maximum atomic E-state index is 13.0. The number of ether oxygens (including phenoxy) is 1. The number of aromatic nitrogens is 1. The molecule has 33 heavy (non-hydrogen) atoms. The van der Waals surface area contributed by atoms with Crippen molar-refractivity contribution in [2.75, 3.05) is 38.3 Å². The molecule has 0 radical (unpaired) electrons. The molecule has 1 aromatic heterocycles. The van der Waals surface area contributed by atoms with E-state index in [9.17, 15) is 13.2 Å². The first kappa shape index (κ1) is 23.7. The maximum Gasteiger partial charge on any atom is 0.251 e. The van der Waals surface area contributed by atoms with E-state index in [2.05, 4.69) is 15.2 Å². The van der Waals surface area contributed by atoms with Crippen LogP contribution in [0.3, 0.4) is 0 Å². The molecule has 1 saturated heterocycles. The quantitative estimate of drug-likeness (QED) is 0.666. The third kappa shape index (κ3) is 5.54. The molecule has 1 aliphatic heterocycles. The molecule has 0 atom stereocenters. The van der Waals surface area contributed by atoms with Crippen LogP contribution in [0.1, 0.15) is 48.0 Å². The third-order valence-corrected chi connectivity index (χ3v) is 8.42. The first-order valence-corrected chi connectivity index (χ1v) is 13.0. The summed E-state index contributed by atoms with van der Waals surface area (Å²) in [7, 11) is -1.92. The summed E-state index contributed by atoms with van der Waals surface area (Å²) in [6.45, 7) is 3.19. The number of hydrogen-bond acceptors (Lipinski definition) is 6. The second-order valence-corrected chi connectivity index (χ2v) is 10.6. The van der Waals surface area contributed by atoms with E-state index in [1.165, 1.54) is 22.9 Å². The van der Waals surface area contributed by atoms with E-state index >= 15 is 0 Å². The van der Waals surface area contributed by atoms with Crippen molar-refractivity contribution in [2.24, 2.45) is 0 Å². The molecule has 2 heterocycles. The summed E-state index contributed by atoms with van der Waals surface area (Å²) >= 11 is 0. The number of rotatable bonds is 7. The van der Waals surface area contributed by atoms with E-state index in [4.69, 9.17) is 4.74 Å². The van der Waals surface area contributed by atoms with E-state index in [0.717, 1.165) is 50.2 Å². The van der Waals surface area contributed by atoms with Crippen molar-refractivity contribution in [3.05, 3.63) is 53.7 Å². The number of amides is 1. The van der Waals surface area contributed by atoms with Gasteiger partial charge in [-0.1, -0.05) is 25.3 Å². The number of benzene rings is 1. The third-order valence-electron chi connectivity index (χ3n) is 6.50. The second kappa shape index (κ2) is 10.6. The van der Waals surface area contributed by atoms with Crippen molar-refractivity contribution in [1.82, 2.24) is 14.6 Å². The van der Waals surface area contributed by atoms with Gasteiger partial charge in [0.25, 0.3) is 5.91 Å². The van der Waals surface area contributed by atoms with Gasteiger partial charge in [-0.3, -0.25) is 4.79 Å². The zero-order valence-electron chi connectivity index (χ0n) is 19.1.